The Bertz CT molecular complexity index is 937. The van der Waals surface area contributed by atoms with E-state index in [0.717, 1.165) is 23.6 Å². The number of aromatic nitrogens is 2. The van der Waals surface area contributed by atoms with Gasteiger partial charge in [-0.3, -0.25) is 0 Å². The number of nitrogens with zero attached hydrogens (tertiary/aromatic N) is 2. The number of hydrogen-bond acceptors (Lipinski definition) is 3. The number of pyridine rings is 1. The third kappa shape index (κ3) is 3.00. The molecule has 25 heavy (non-hydrogen) atoms. The highest BCUT2D eigenvalue weighted by atomic mass is 16.5. The van der Waals surface area contributed by atoms with Crippen LogP contribution in [0.2, 0.25) is 0 Å². The second-order valence-electron chi connectivity index (χ2n) is 6.57. The minimum absolute atomic E-state index is 0.635. The summed E-state index contributed by atoms with van der Waals surface area (Å²) < 4.78 is 7.62. The summed E-state index contributed by atoms with van der Waals surface area (Å²) in [6, 6.07) is 10.7. The molecule has 0 bridgehead atoms. The molecule has 0 aliphatic heterocycles. The Balaban J connectivity index is 1.68. The molecule has 4 rings (SSSR count). The molecule has 1 aliphatic rings. The molecular weight excluding hydrogens is 310 g/mol. The minimum Gasteiger partial charge on any atom is -0.497 e. The Morgan fingerprint density at radius 1 is 1.32 bits per heavy atom. The number of fused-ring (bicyclic) bond motifs is 1. The van der Waals surface area contributed by atoms with Crippen molar-refractivity contribution in [3.05, 3.63) is 60.4 Å². The van der Waals surface area contributed by atoms with Crippen molar-refractivity contribution in [3.8, 4) is 0 Å². The number of ether oxygens (including phenoxy) is 1. The predicted molar refractivity (Wildman–Crippen MR) is 103 cm³/mol. The van der Waals surface area contributed by atoms with E-state index in [-0.39, 0.29) is 0 Å². The van der Waals surface area contributed by atoms with Crippen molar-refractivity contribution in [3.63, 3.8) is 0 Å². The normalized spacial score (nSPS) is 13.8. The van der Waals surface area contributed by atoms with Crippen LogP contribution in [-0.2, 0) is 11.3 Å². The first-order valence-electron chi connectivity index (χ1n) is 8.78. The summed E-state index contributed by atoms with van der Waals surface area (Å²) in [5.74, 6) is 2.07. The molecule has 128 valence electrons. The average molecular weight is 333 g/mol. The van der Waals surface area contributed by atoms with Gasteiger partial charge in [0, 0.05) is 35.5 Å². The van der Waals surface area contributed by atoms with Gasteiger partial charge >= 0.3 is 0 Å². The maximum atomic E-state index is 5.38. The van der Waals surface area contributed by atoms with Crippen molar-refractivity contribution in [1.82, 2.24) is 9.55 Å². The quantitative estimate of drug-likeness (QED) is 0.623. The topological polar surface area (TPSA) is 39.1 Å². The van der Waals surface area contributed by atoms with Crippen LogP contribution in [0.3, 0.4) is 0 Å². The molecule has 1 aromatic carbocycles. The molecule has 0 radical (unpaired) electrons. The number of benzene rings is 1. The number of rotatable bonds is 6. The largest absolute Gasteiger partial charge is 0.497 e. The van der Waals surface area contributed by atoms with Crippen LogP contribution in [0.5, 0.6) is 0 Å². The zero-order valence-electron chi connectivity index (χ0n) is 14.7. The van der Waals surface area contributed by atoms with E-state index in [1.165, 1.54) is 29.3 Å². The summed E-state index contributed by atoms with van der Waals surface area (Å²) in [5.41, 5.74) is 4.46. The first kappa shape index (κ1) is 15.8. The first-order chi connectivity index (χ1) is 12.2. The first-order valence-corrected chi connectivity index (χ1v) is 8.78. The van der Waals surface area contributed by atoms with Gasteiger partial charge in [-0.15, -0.1) is 0 Å². The Hall–Kier alpha value is -2.75. The van der Waals surface area contributed by atoms with Crippen molar-refractivity contribution in [2.75, 3.05) is 12.4 Å². The molecule has 4 nitrogen and oxygen atoms in total. The number of aryl methyl sites for hydroxylation is 1. The lowest BCUT2D eigenvalue weighted by Crippen LogP contribution is -2.01. The fourth-order valence-corrected chi connectivity index (χ4v) is 3.23. The molecule has 1 fully saturated rings. The molecule has 4 heteroatoms. The highest BCUT2D eigenvalue weighted by Gasteiger charge is 2.25. The van der Waals surface area contributed by atoms with Crippen molar-refractivity contribution >= 4 is 28.2 Å². The van der Waals surface area contributed by atoms with Gasteiger partial charge in [-0.2, -0.15) is 0 Å². The van der Waals surface area contributed by atoms with E-state index in [9.17, 15) is 0 Å². The van der Waals surface area contributed by atoms with Crippen LogP contribution in [0.1, 0.15) is 36.8 Å². The Morgan fingerprint density at radius 3 is 2.88 bits per heavy atom. The fourth-order valence-electron chi connectivity index (χ4n) is 3.23. The van der Waals surface area contributed by atoms with Crippen molar-refractivity contribution in [1.29, 1.82) is 0 Å². The van der Waals surface area contributed by atoms with Crippen LogP contribution in [0.15, 0.2) is 49.3 Å². The van der Waals surface area contributed by atoms with Gasteiger partial charge in [0.25, 0.3) is 0 Å². The molecular formula is C21H23N3O. The molecule has 1 N–H and O–H groups in total. The SMILES string of the molecule is C=C(OC)c1cc(C2CC2)cnc1Nc1ccc2c(ccn2CC)c1. The van der Waals surface area contributed by atoms with Gasteiger partial charge < -0.3 is 14.6 Å². The number of hydrogen-bond donors (Lipinski definition) is 1. The fraction of sp³-hybridized carbons (Fsp3) is 0.286. The van der Waals surface area contributed by atoms with E-state index in [1.807, 2.05) is 6.20 Å². The molecule has 0 saturated heterocycles. The average Bonchev–Trinajstić information content (AvgIpc) is 3.41. The molecule has 0 amide bonds. The molecule has 0 unspecified atom stereocenters. The smallest absolute Gasteiger partial charge is 0.141 e. The van der Waals surface area contributed by atoms with Crippen molar-refractivity contribution in [2.24, 2.45) is 0 Å². The summed E-state index contributed by atoms with van der Waals surface area (Å²) in [6.07, 6.45) is 6.59. The van der Waals surface area contributed by atoms with Gasteiger partial charge in [0.05, 0.1) is 12.7 Å². The number of methoxy groups -OCH3 is 1. The zero-order valence-corrected chi connectivity index (χ0v) is 14.7. The van der Waals surface area contributed by atoms with E-state index in [0.29, 0.717) is 11.7 Å². The van der Waals surface area contributed by atoms with Crippen LogP contribution in [0.25, 0.3) is 16.7 Å². The van der Waals surface area contributed by atoms with E-state index in [4.69, 9.17) is 4.74 Å². The van der Waals surface area contributed by atoms with E-state index in [1.54, 1.807) is 7.11 Å². The second-order valence-corrected chi connectivity index (χ2v) is 6.57. The minimum atomic E-state index is 0.635. The van der Waals surface area contributed by atoms with Gasteiger partial charge in [0.1, 0.15) is 11.6 Å². The van der Waals surface area contributed by atoms with Crippen LogP contribution < -0.4 is 5.32 Å². The van der Waals surface area contributed by atoms with Gasteiger partial charge in [-0.25, -0.2) is 4.98 Å². The van der Waals surface area contributed by atoms with Crippen LogP contribution in [0.4, 0.5) is 11.5 Å². The Morgan fingerprint density at radius 2 is 2.16 bits per heavy atom. The highest BCUT2D eigenvalue weighted by Crippen LogP contribution is 2.41. The highest BCUT2D eigenvalue weighted by molar-refractivity contribution is 5.85. The molecule has 1 aliphatic carbocycles. The summed E-state index contributed by atoms with van der Waals surface area (Å²) in [7, 11) is 1.65. The lowest BCUT2D eigenvalue weighted by molar-refractivity contribution is 0.371. The lowest BCUT2D eigenvalue weighted by Gasteiger charge is -2.14. The van der Waals surface area contributed by atoms with Crippen LogP contribution in [0, 0.1) is 0 Å². The molecule has 2 aromatic heterocycles. The summed E-state index contributed by atoms with van der Waals surface area (Å²) in [6.45, 7) is 7.15. The number of nitrogens with one attached hydrogen (secondary N) is 1. The standard InChI is InChI=1S/C21H23N3O/c1-4-24-10-9-16-11-18(7-8-20(16)24)23-21-19(14(2)25-3)12-17(13-22-21)15-5-6-15/h7-13,15H,2,4-6H2,1,3H3,(H,22,23). The summed E-state index contributed by atoms with van der Waals surface area (Å²) in [5, 5.41) is 4.65. The van der Waals surface area contributed by atoms with Gasteiger partial charge in [0.15, 0.2) is 0 Å². The van der Waals surface area contributed by atoms with Gasteiger partial charge in [0.2, 0.25) is 0 Å². The van der Waals surface area contributed by atoms with Crippen LogP contribution >= 0.6 is 0 Å². The van der Waals surface area contributed by atoms with Crippen molar-refractivity contribution in [2.45, 2.75) is 32.2 Å². The monoisotopic (exact) mass is 333 g/mol. The lowest BCUT2D eigenvalue weighted by atomic mass is 10.1. The second kappa shape index (κ2) is 6.28. The Labute approximate surface area is 148 Å². The maximum Gasteiger partial charge on any atom is 0.141 e. The molecule has 1 saturated carbocycles. The van der Waals surface area contributed by atoms with E-state index >= 15 is 0 Å². The third-order valence-corrected chi connectivity index (χ3v) is 4.88. The van der Waals surface area contributed by atoms with E-state index in [2.05, 4.69) is 64.9 Å². The molecule has 0 atom stereocenters. The van der Waals surface area contributed by atoms with Gasteiger partial charge in [-0.1, -0.05) is 6.58 Å². The van der Waals surface area contributed by atoms with Crippen LogP contribution in [-0.4, -0.2) is 16.7 Å². The molecule has 0 spiro atoms. The predicted octanol–water partition coefficient (Wildman–Crippen LogP) is 5.29. The maximum absolute atomic E-state index is 5.38. The summed E-state index contributed by atoms with van der Waals surface area (Å²) >= 11 is 0. The summed E-state index contributed by atoms with van der Waals surface area (Å²) in [4.78, 5) is 4.65. The number of anilines is 2. The third-order valence-electron chi connectivity index (χ3n) is 4.88. The zero-order chi connectivity index (χ0) is 17.4. The molecule has 2 heterocycles. The van der Waals surface area contributed by atoms with Gasteiger partial charge in [-0.05, 0) is 61.6 Å². The Kier molecular flexibility index (Phi) is 3.96. The van der Waals surface area contributed by atoms with Crippen molar-refractivity contribution < 1.29 is 4.74 Å². The van der Waals surface area contributed by atoms with E-state index < -0.39 is 0 Å². The molecule has 3 aromatic rings.